The zero-order valence-corrected chi connectivity index (χ0v) is 7.54. The molecule has 5 heteroatoms. The second-order valence-electron chi connectivity index (χ2n) is 1.97. The summed E-state index contributed by atoms with van der Waals surface area (Å²) >= 11 is 3.19. The van der Waals surface area contributed by atoms with Gasteiger partial charge < -0.3 is 4.74 Å². The molecule has 12 heavy (non-hydrogen) atoms. The number of carbonyl (C=O) groups is 1. The van der Waals surface area contributed by atoms with Crippen molar-refractivity contribution >= 4 is 28.1 Å². The average Bonchev–Trinajstić information content (AvgIpc) is 2.08. The lowest BCUT2D eigenvalue weighted by molar-refractivity contribution is -0.120. The molecule has 0 fully saturated rings. The molecular weight excluding hydrogens is 226 g/mol. The van der Waals surface area contributed by atoms with E-state index in [4.69, 9.17) is 5.21 Å². The van der Waals surface area contributed by atoms with E-state index in [2.05, 4.69) is 20.7 Å². The Morgan fingerprint density at radius 3 is 2.92 bits per heavy atom. The SMILES string of the molecule is O=COc1ccc(Br)cc1NO. The minimum Gasteiger partial charge on any atom is -0.426 e. The van der Waals surface area contributed by atoms with Crippen LogP contribution in [0.4, 0.5) is 5.69 Å². The first-order valence-electron chi connectivity index (χ1n) is 3.08. The van der Waals surface area contributed by atoms with E-state index >= 15 is 0 Å². The molecule has 4 nitrogen and oxygen atoms in total. The maximum Gasteiger partial charge on any atom is 0.298 e. The Labute approximate surface area is 77.2 Å². The fourth-order valence-electron chi connectivity index (χ4n) is 0.744. The van der Waals surface area contributed by atoms with Gasteiger partial charge in [-0.3, -0.25) is 15.5 Å². The van der Waals surface area contributed by atoms with Crippen molar-refractivity contribution in [3.63, 3.8) is 0 Å². The number of hydrogen-bond acceptors (Lipinski definition) is 4. The summed E-state index contributed by atoms with van der Waals surface area (Å²) in [5.41, 5.74) is 2.24. The molecule has 0 unspecified atom stereocenters. The molecular formula is C7H6BrNO3. The van der Waals surface area contributed by atoms with Gasteiger partial charge in [-0.05, 0) is 18.2 Å². The van der Waals surface area contributed by atoms with E-state index in [1.54, 1.807) is 18.2 Å². The maximum atomic E-state index is 9.98. The van der Waals surface area contributed by atoms with Gasteiger partial charge in [-0.2, -0.15) is 0 Å². The van der Waals surface area contributed by atoms with Gasteiger partial charge in [0.05, 0.1) is 0 Å². The maximum absolute atomic E-state index is 9.98. The molecule has 0 amide bonds. The lowest BCUT2D eigenvalue weighted by atomic mass is 10.3. The summed E-state index contributed by atoms with van der Waals surface area (Å²) in [7, 11) is 0. The predicted octanol–water partition coefficient (Wildman–Crippen LogP) is 1.79. The molecule has 0 saturated carbocycles. The van der Waals surface area contributed by atoms with Gasteiger partial charge in [-0.25, -0.2) is 0 Å². The molecule has 64 valence electrons. The van der Waals surface area contributed by atoms with Crippen molar-refractivity contribution in [3.05, 3.63) is 22.7 Å². The van der Waals surface area contributed by atoms with Crippen LogP contribution in [0.5, 0.6) is 5.75 Å². The van der Waals surface area contributed by atoms with Gasteiger partial charge in [0.1, 0.15) is 5.69 Å². The summed E-state index contributed by atoms with van der Waals surface area (Å²) in [4.78, 5) is 9.98. The Morgan fingerprint density at radius 2 is 2.33 bits per heavy atom. The van der Waals surface area contributed by atoms with Gasteiger partial charge in [-0.15, -0.1) is 0 Å². The molecule has 2 N–H and O–H groups in total. The molecule has 1 rings (SSSR count). The van der Waals surface area contributed by atoms with Crippen molar-refractivity contribution in [2.24, 2.45) is 0 Å². The Kier molecular flexibility index (Phi) is 3.07. The molecule has 0 aliphatic heterocycles. The number of hydrogen-bond donors (Lipinski definition) is 2. The zero-order chi connectivity index (χ0) is 8.97. The van der Waals surface area contributed by atoms with E-state index < -0.39 is 0 Å². The van der Waals surface area contributed by atoms with Crippen LogP contribution in [0.2, 0.25) is 0 Å². The smallest absolute Gasteiger partial charge is 0.298 e. The summed E-state index contributed by atoms with van der Waals surface area (Å²) in [5.74, 6) is 0.274. The molecule has 0 atom stereocenters. The summed E-state index contributed by atoms with van der Waals surface area (Å²) < 4.78 is 5.33. The van der Waals surface area contributed by atoms with Crippen molar-refractivity contribution in [3.8, 4) is 5.75 Å². The fourth-order valence-corrected chi connectivity index (χ4v) is 1.11. The average molecular weight is 232 g/mol. The second kappa shape index (κ2) is 4.08. The summed E-state index contributed by atoms with van der Waals surface area (Å²) in [6.45, 7) is 0.296. The highest BCUT2D eigenvalue weighted by molar-refractivity contribution is 9.10. The van der Waals surface area contributed by atoms with E-state index in [1.807, 2.05) is 5.48 Å². The van der Waals surface area contributed by atoms with Crippen LogP contribution in [0.15, 0.2) is 22.7 Å². The molecule has 0 spiro atoms. The van der Waals surface area contributed by atoms with E-state index in [1.165, 1.54) is 0 Å². The van der Waals surface area contributed by atoms with Crippen molar-refractivity contribution < 1.29 is 14.7 Å². The number of nitrogens with one attached hydrogen (secondary N) is 1. The molecule has 1 aromatic carbocycles. The van der Waals surface area contributed by atoms with Crippen molar-refractivity contribution in [1.29, 1.82) is 0 Å². The van der Waals surface area contributed by atoms with Crippen LogP contribution >= 0.6 is 15.9 Å². The zero-order valence-electron chi connectivity index (χ0n) is 5.95. The monoisotopic (exact) mass is 231 g/mol. The third-order valence-corrected chi connectivity index (χ3v) is 1.73. The second-order valence-corrected chi connectivity index (χ2v) is 2.88. The lowest BCUT2D eigenvalue weighted by Crippen LogP contribution is -1.96. The largest absolute Gasteiger partial charge is 0.426 e. The first kappa shape index (κ1) is 9.02. The summed E-state index contributed by atoms with van der Waals surface area (Å²) in [6, 6.07) is 4.83. The summed E-state index contributed by atoms with van der Waals surface area (Å²) in [5, 5.41) is 8.60. The quantitative estimate of drug-likeness (QED) is 0.616. The third kappa shape index (κ3) is 1.96. The van der Waals surface area contributed by atoms with Crippen molar-refractivity contribution in [2.75, 3.05) is 5.48 Å². The van der Waals surface area contributed by atoms with Gasteiger partial charge in [0, 0.05) is 4.47 Å². The molecule has 0 aliphatic rings. The Bertz CT molecular complexity index is 290. The topological polar surface area (TPSA) is 58.6 Å². The van der Waals surface area contributed by atoms with Crippen LogP contribution < -0.4 is 10.2 Å². The molecule has 1 aromatic rings. The van der Waals surface area contributed by atoms with Crippen LogP contribution in [0.1, 0.15) is 0 Å². The first-order valence-corrected chi connectivity index (χ1v) is 3.87. The molecule has 0 aromatic heterocycles. The minimum absolute atomic E-state index is 0.274. The van der Waals surface area contributed by atoms with Gasteiger partial charge in [-0.1, -0.05) is 15.9 Å². The minimum atomic E-state index is 0.274. The van der Waals surface area contributed by atoms with E-state index in [-0.39, 0.29) is 5.75 Å². The predicted molar refractivity (Wildman–Crippen MR) is 46.2 cm³/mol. The number of carbonyl (C=O) groups excluding carboxylic acids is 1. The number of ether oxygens (including phenoxy) is 1. The highest BCUT2D eigenvalue weighted by Gasteiger charge is 2.02. The van der Waals surface area contributed by atoms with Gasteiger partial charge in [0.25, 0.3) is 6.47 Å². The van der Waals surface area contributed by atoms with Crippen LogP contribution in [0, 0.1) is 0 Å². The molecule has 0 radical (unpaired) electrons. The van der Waals surface area contributed by atoms with Gasteiger partial charge >= 0.3 is 0 Å². The van der Waals surface area contributed by atoms with Crippen LogP contribution in [-0.2, 0) is 4.79 Å². The molecule has 0 saturated heterocycles. The lowest BCUT2D eigenvalue weighted by Gasteiger charge is -2.04. The number of anilines is 1. The molecule has 0 bridgehead atoms. The van der Waals surface area contributed by atoms with Crippen LogP contribution in [-0.4, -0.2) is 11.7 Å². The Hall–Kier alpha value is -1.07. The van der Waals surface area contributed by atoms with E-state index in [0.717, 1.165) is 4.47 Å². The number of rotatable bonds is 3. The Balaban J connectivity index is 3.01. The Morgan fingerprint density at radius 1 is 1.58 bits per heavy atom. The van der Waals surface area contributed by atoms with Crippen LogP contribution in [0.3, 0.4) is 0 Å². The summed E-state index contributed by atoms with van der Waals surface area (Å²) in [6.07, 6.45) is 0. The normalized spacial score (nSPS) is 9.17. The third-order valence-electron chi connectivity index (χ3n) is 1.24. The molecule has 0 heterocycles. The highest BCUT2D eigenvalue weighted by atomic mass is 79.9. The highest BCUT2D eigenvalue weighted by Crippen LogP contribution is 2.26. The van der Waals surface area contributed by atoms with Crippen molar-refractivity contribution in [1.82, 2.24) is 0 Å². The van der Waals surface area contributed by atoms with E-state index in [0.29, 0.717) is 12.2 Å². The number of halogens is 1. The van der Waals surface area contributed by atoms with Crippen molar-refractivity contribution in [2.45, 2.75) is 0 Å². The first-order chi connectivity index (χ1) is 5.77. The van der Waals surface area contributed by atoms with Gasteiger partial charge in [0.15, 0.2) is 5.75 Å². The standard InChI is InChI=1S/C7H6BrNO3/c8-5-1-2-7(12-4-10)6(3-5)9-11/h1-4,9,11H. The fraction of sp³-hybridized carbons (Fsp3) is 0. The van der Waals surface area contributed by atoms with Gasteiger partial charge in [0.2, 0.25) is 0 Å². The molecule has 0 aliphatic carbocycles. The van der Waals surface area contributed by atoms with E-state index in [9.17, 15) is 4.79 Å². The number of benzene rings is 1. The van der Waals surface area contributed by atoms with Crippen LogP contribution in [0.25, 0.3) is 0 Å².